The molecule has 6 heteroatoms. The number of hydrogen-bond acceptors (Lipinski definition) is 4. The second kappa shape index (κ2) is 8.12. The number of amides is 1. The summed E-state index contributed by atoms with van der Waals surface area (Å²) in [6.45, 7) is 13.3. The normalized spacial score (nSPS) is 12.7. The number of hydrogen-bond donors (Lipinski definition) is 1. The van der Waals surface area contributed by atoms with E-state index in [9.17, 15) is 4.79 Å². The van der Waals surface area contributed by atoms with E-state index in [2.05, 4.69) is 24.1 Å². The number of alkyl carbamates (subject to hydrolysis) is 1. The molecule has 0 radical (unpaired) electrons. The number of para-hydroxylation sites is 1. The average Bonchev–Trinajstić information content (AvgIpc) is 2.54. The molecule has 1 N–H and O–H groups in total. The summed E-state index contributed by atoms with van der Waals surface area (Å²) in [5.41, 5.74) is 1.17. The van der Waals surface area contributed by atoms with Gasteiger partial charge >= 0.3 is 6.09 Å². The lowest BCUT2D eigenvalue weighted by atomic mass is 10.1. The number of aromatic nitrogens is 1. The maximum absolute atomic E-state index is 12.2. The maximum atomic E-state index is 12.2. The first-order valence-corrected chi connectivity index (χ1v) is 9.37. The van der Waals surface area contributed by atoms with Crippen molar-refractivity contribution in [1.29, 1.82) is 0 Å². The fourth-order valence-electron chi connectivity index (χ4n) is 2.83. The van der Waals surface area contributed by atoms with Crippen LogP contribution in [0.5, 0.6) is 0 Å². The lowest BCUT2D eigenvalue weighted by Crippen LogP contribution is -2.35. The van der Waals surface area contributed by atoms with Gasteiger partial charge in [-0.2, -0.15) is 0 Å². The second-order valence-corrected chi connectivity index (χ2v) is 7.66. The number of carbonyl (C=O) groups excluding carboxylic acids is 1. The molecule has 0 fully saturated rings. The number of halogens is 1. The van der Waals surface area contributed by atoms with Crippen molar-refractivity contribution in [1.82, 2.24) is 10.3 Å². The van der Waals surface area contributed by atoms with Crippen LogP contribution in [0.15, 0.2) is 24.3 Å². The zero-order valence-corrected chi connectivity index (χ0v) is 17.1. The van der Waals surface area contributed by atoms with Crippen LogP contribution in [0.4, 0.5) is 10.6 Å². The van der Waals surface area contributed by atoms with Gasteiger partial charge in [-0.1, -0.05) is 23.7 Å². The Hall–Kier alpha value is -2.01. The molecule has 0 bridgehead atoms. The first kappa shape index (κ1) is 20.3. The van der Waals surface area contributed by atoms with Crippen LogP contribution in [0.2, 0.25) is 5.02 Å². The molecule has 142 valence electrons. The van der Waals surface area contributed by atoms with E-state index < -0.39 is 11.7 Å². The molecule has 0 unspecified atom stereocenters. The third kappa shape index (κ3) is 4.79. The molecule has 0 aliphatic rings. The number of nitrogens with zero attached hydrogens (tertiary/aromatic N) is 2. The van der Waals surface area contributed by atoms with E-state index in [0.717, 1.165) is 35.4 Å². The molecule has 0 saturated heterocycles. The average molecular weight is 378 g/mol. The number of ether oxygens (including phenoxy) is 1. The highest BCUT2D eigenvalue weighted by Gasteiger charge is 2.22. The van der Waals surface area contributed by atoms with Crippen molar-refractivity contribution >= 4 is 34.4 Å². The van der Waals surface area contributed by atoms with Gasteiger partial charge in [-0.15, -0.1) is 0 Å². The fraction of sp³-hybridized carbons (Fsp3) is 0.500. The van der Waals surface area contributed by atoms with Gasteiger partial charge in [-0.05, 0) is 53.7 Å². The number of anilines is 1. The molecule has 1 amide bonds. The summed E-state index contributed by atoms with van der Waals surface area (Å²) >= 11 is 6.34. The summed E-state index contributed by atoms with van der Waals surface area (Å²) in [5.74, 6) is 0.833. The number of nitrogens with one attached hydrogen (secondary N) is 1. The van der Waals surface area contributed by atoms with Gasteiger partial charge in [0.05, 0.1) is 16.6 Å². The van der Waals surface area contributed by atoms with Crippen LogP contribution in [0.25, 0.3) is 10.9 Å². The van der Waals surface area contributed by atoms with Crippen molar-refractivity contribution in [2.24, 2.45) is 0 Å². The Morgan fingerprint density at radius 1 is 1.31 bits per heavy atom. The molecule has 0 saturated carbocycles. The molecule has 1 heterocycles. The fourth-order valence-corrected chi connectivity index (χ4v) is 3.05. The second-order valence-electron chi connectivity index (χ2n) is 7.25. The van der Waals surface area contributed by atoms with Gasteiger partial charge in [0, 0.05) is 24.0 Å². The van der Waals surface area contributed by atoms with E-state index in [1.54, 1.807) is 0 Å². The predicted octanol–water partition coefficient (Wildman–Crippen LogP) is 5.32. The molecule has 0 aliphatic heterocycles. The van der Waals surface area contributed by atoms with E-state index in [1.807, 2.05) is 52.0 Å². The Kier molecular flexibility index (Phi) is 6.34. The van der Waals surface area contributed by atoms with Gasteiger partial charge in [0.15, 0.2) is 0 Å². The van der Waals surface area contributed by atoms with Crippen molar-refractivity contribution < 1.29 is 9.53 Å². The Balaban J connectivity index is 2.46. The molecule has 2 aromatic rings. The summed E-state index contributed by atoms with van der Waals surface area (Å²) in [7, 11) is 0. The van der Waals surface area contributed by atoms with E-state index in [1.165, 1.54) is 0 Å². The quantitative estimate of drug-likeness (QED) is 0.766. The van der Waals surface area contributed by atoms with E-state index in [-0.39, 0.29) is 6.04 Å². The summed E-state index contributed by atoms with van der Waals surface area (Å²) in [4.78, 5) is 19.2. The smallest absolute Gasteiger partial charge is 0.408 e. The van der Waals surface area contributed by atoms with Crippen molar-refractivity contribution in [3.8, 4) is 0 Å². The van der Waals surface area contributed by atoms with Crippen LogP contribution >= 0.6 is 11.6 Å². The van der Waals surface area contributed by atoms with Crippen molar-refractivity contribution in [2.75, 3.05) is 18.0 Å². The molecule has 0 spiro atoms. The highest BCUT2D eigenvalue weighted by molar-refractivity contribution is 6.35. The largest absolute Gasteiger partial charge is 0.444 e. The van der Waals surface area contributed by atoms with Crippen LogP contribution in [-0.4, -0.2) is 29.8 Å². The lowest BCUT2D eigenvalue weighted by Gasteiger charge is -2.27. The zero-order chi connectivity index (χ0) is 19.5. The Morgan fingerprint density at radius 2 is 1.96 bits per heavy atom. The van der Waals surface area contributed by atoms with Gasteiger partial charge in [0.2, 0.25) is 0 Å². The third-order valence-corrected chi connectivity index (χ3v) is 4.37. The number of rotatable bonds is 5. The molecule has 1 aromatic carbocycles. The minimum Gasteiger partial charge on any atom is -0.444 e. The van der Waals surface area contributed by atoms with Crippen molar-refractivity contribution in [3.05, 3.63) is 34.9 Å². The van der Waals surface area contributed by atoms with Crippen LogP contribution in [0.1, 0.15) is 53.1 Å². The van der Waals surface area contributed by atoms with E-state index in [4.69, 9.17) is 21.3 Å². The minimum atomic E-state index is -0.541. The SMILES string of the molecule is CCN(CC)c1nc2c(Cl)cccc2cc1[C@H](C)NC(=O)OC(C)(C)C. The summed E-state index contributed by atoms with van der Waals surface area (Å²) in [6.07, 6.45) is -0.443. The Morgan fingerprint density at radius 3 is 2.54 bits per heavy atom. The molecular formula is C20H28ClN3O2. The first-order valence-electron chi connectivity index (χ1n) is 8.99. The predicted molar refractivity (Wildman–Crippen MR) is 108 cm³/mol. The number of benzene rings is 1. The van der Waals surface area contributed by atoms with E-state index >= 15 is 0 Å². The van der Waals surface area contributed by atoms with Crippen LogP contribution in [-0.2, 0) is 4.74 Å². The standard InChI is InChI=1S/C20H28ClN3O2/c1-7-24(8-2)18-15(13(3)22-19(25)26-20(4,5)6)12-14-10-9-11-16(21)17(14)23-18/h9-13H,7-8H2,1-6H3,(H,22,25)/t13-/m0/s1. The summed E-state index contributed by atoms with van der Waals surface area (Å²) < 4.78 is 5.38. The Labute approximate surface area is 160 Å². The third-order valence-electron chi connectivity index (χ3n) is 4.07. The van der Waals surface area contributed by atoms with Gasteiger partial charge in [0.25, 0.3) is 0 Å². The maximum Gasteiger partial charge on any atom is 0.408 e. The molecule has 5 nitrogen and oxygen atoms in total. The lowest BCUT2D eigenvalue weighted by molar-refractivity contribution is 0.0508. The highest BCUT2D eigenvalue weighted by atomic mass is 35.5. The molecular weight excluding hydrogens is 350 g/mol. The van der Waals surface area contributed by atoms with Gasteiger partial charge in [-0.3, -0.25) is 0 Å². The summed E-state index contributed by atoms with van der Waals surface area (Å²) in [5, 5.41) is 4.48. The number of fused-ring (bicyclic) bond motifs is 1. The monoisotopic (exact) mass is 377 g/mol. The first-order chi connectivity index (χ1) is 12.2. The van der Waals surface area contributed by atoms with Crippen molar-refractivity contribution in [3.63, 3.8) is 0 Å². The molecule has 1 atom stereocenters. The van der Waals surface area contributed by atoms with E-state index in [0.29, 0.717) is 5.02 Å². The Bertz CT molecular complexity index is 782. The highest BCUT2D eigenvalue weighted by Crippen LogP contribution is 2.31. The van der Waals surface area contributed by atoms with Crippen molar-refractivity contribution in [2.45, 2.75) is 53.2 Å². The van der Waals surface area contributed by atoms with Crippen LogP contribution in [0, 0.1) is 0 Å². The van der Waals surface area contributed by atoms with Crippen LogP contribution in [0.3, 0.4) is 0 Å². The zero-order valence-electron chi connectivity index (χ0n) is 16.4. The molecule has 1 aromatic heterocycles. The van der Waals surface area contributed by atoms with Gasteiger partial charge in [-0.25, -0.2) is 9.78 Å². The number of pyridine rings is 1. The van der Waals surface area contributed by atoms with Gasteiger partial charge in [0.1, 0.15) is 11.4 Å². The van der Waals surface area contributed by atoms with Crippen LogP contribution < -0.4 is 10.2 Å². The molecule has 2 rings (SSSR count). The summed E-state index contributed by atoms with van der Waals surface area (Å²) in [6, 6.07) is 7.51. The minimum absolute atomic E-state index is 0.253. The molecule has 26 heavy (non-hydrogen) atoms. The topological polar surface area (TPSA) is 54.5 Å². The number of carbonyl (C=O) groups is 1. The van der Waals surface area contributed by atoms with Gasteiger partial charge < -0.3 is 15.0 Å². The molecule has 0 aliphatic carbocycles.